The third-order valence-corrected chi connectivity index (χ3v) is 8.05. The Labute approximate surface area is 213 Å². The van der Waals surface area contributed by atoms with Gasteiger partial charge in [0.25, 0.3) is 0 Å². The molecule has 0 N–H and O–H groups in total. The smallest absolute Gasteiger partial charge is 0.241 e. The number of carbonyl (C=O) groups is 3. The van der Waals surface area contributed by atoms with E-state index in [1.165, 1.54) is 4.90 Å². The number of hydrogen-bond acceptors (Lipinski definition) is 5. The summed E-state index contributed by atoms with van der Waals surface area (Å²) in [5.41, 5.74) is 2.22. The number of likely N-dealkylation sites (tertiary alicyclic amines) is 1. The van der Waals surface area contributed by atoms with Crippen molar-refractivity contribution in [1.82, 2.24) is 19.6 Å². The minimum atomic E-state index is -1.28. The monoisotopic (exact) mass is 494 g/mol. The zero-order chi connectivity index (χ0) is 26.2. The molecule has 36 heavy (non-hydrogen) atoms. The lowest BCUT2D eigenvalue weighted by atomic mass is 9.75. The van der Waals surface area contributed by atoms with Crippen molar-refractivity contribution >= 4 is 17.7 Å². The van der Waals surface area contributed by atoms with Gasteiger partial charge < -0.3 is 9.64 Å². The molecule has 0 radical (unpaired) electrons. The summed E-state index contributed by atoms with van der Waals surface area (Å²) in [4.78, 5) is 44.8. The van der Waals surface area contributed by atoms with Crippen LogP contribution in [0.2, 0.25) is 0 Å². The zero-order valence-corrected chi connectivity index (χ0v) is 22.3. The molecule has 0 bridgehead atoms. The molecule has 1 saturated heterocycles. The summed E-state index contributed by atoms with van der Waals surface area (Å²) in [5.74, 6) is -0.0990. The van der Waals surface area contributed by atoms with Gasteiger partial charge in [-0.1, -0.05) is 31.0 Å². The quantitative estimate of drug-likeness (QED) is 0.521. The second kappa shape index (κ2) is 10.1. The fourth-order valence-corrected chi connectivity index (χ4v) is 5.91. The van der Waals surface area contributed by atoms with Gasteiger partial charge in [0, 0.05) is 55.3 Å². The number of aromatic nitrogens is 2. The highest BCUT2D eigenvalue weighted by Gasteiger charge is 2.57. The van der Waals surface area contributed by atoms with E-state index in [1.807, 2.05) is 57.6 Å². The highest BCUT2D eigenvalue weighted by molar-refractivity contribution is 6.11. The maximum Gasteiger partial charge on any atom is 0.241 e. The molecule has 3 amide bonds. The molecule has 2 aromatic rings. The number of imide groups is 1. The predicted molar refractivity (Wildman–Crippen MR) is 136 cm³/mol. The third-order valence-electron chi connectivity index (χ3n) is 8.05. The van der Waals surface area contributed by atoms with Crippen molar-refractivity contribution in [2.24, 2.45) is 7.05 Å². The van der Waals surface area contributed by atoms with Gasteiger partial charge in [0.15, 0.2) is 0 Å². The van der Waals surface area contributed by atoms with E-state index in [2.05, 4.69) is 5.10 Å². The van der Waals surface area contributed by atoms with Crippen molar-refractivity contribution in [1.29, 1.82) is 0 Å². The molecule has 1 aromatic carbocycles. The van der Waals surface area contributed by atoms with E-state index in [9.17, 15) is 14.4 Å². The number of aryl methyl sites for hydroxylation is 2. The summed E-state index contributed by atoms with van der Waals surface area (Å²) in [6, 6.07) is 7.11. The van der Waals surface area contributed by atoms with Gasteiger partial charge in [0.1, 0.15) is 5.75 Å². The highest BCUT2D eigenvalue weighted by Crippen LogP contribution is 2.46. The molecule has 1 aromatic heterocycles. The molecule has 0 unspecified atom stereocenters. The highest BCUT2D eigenvalue weighted by atomic mass is 16.5. The molecule has 4 rings (SSSR count). The minimum Gasteiger partial charge on any atom is -0.496 e. The van der Waals surface area contributed by atoms with E-state index < -0.39 is 5.41 Å². The number of benzene rings is 1. The van der Waals surface area contributed by atoms with Gasteiger partial charge in [-0.05, 0) is 46.6 Å². The van der Waals surface area contributed by atoms with Crippen molar-refractivity contribution in [3.63, 3.8) is 0 Å². The van der Waals surface area contributed by atoms with Crippen LogP contribution in [-0.4, -0.2) is 56.5 Å². The molecule has 2 fully saturated rings. The Morgan fingerprint density at radius 2 is 1.86 bits per heavy atom. The van der Waals surface area contributed by atoms with Crippen LogP contribution < -0.4 is 4.74 Å². The lowest BCUT2D eigenvalue weighted by Gasteiger charge is -2.34. The predicted octanol–water partition coefficient (Wildman–Crippen LogP) is 3.81. The molecule has 0 spiro atoms. The normalized spacial score (nSPS) is 20.6. The van der Waals surface area contributed by atoms with Crippen molar-refractivity contribution < 1.29 is 19.1 Å². The molecule has 1 saturated carbocycles. The number of para-hydroxylation sites is 1. The van der Waals surface area contributed by atoms with Gasteiger partial charge in [-0.3, -0.25) is 24.0 Å². The number of hydrogen-bond donors (Lipinski definition) is 0. The molecule has 1 aliphatic heterocycles. The van der Waals surface area contributed by atoms with E-state index in [1.54, 1.807) is 18.1 Å². The summed E-state index contributed by atoms with van der Waals surface area (Å²) in [6.07, 6.45) is 3.56. The number of ether oxygens (including phenoxy) is 1. The Kier molecular flexibility index (Phi) is 7.25. The molecule has 2 heterocycles. The Balaban J connectivity index is 1.74. The van der Waals surface area contributed by atoms with E-state index >= 15 is 0 Å². The van der Waals surface area contributed by atoms with Crippen LogP contribution in [0.25, 0.3) is 0 Å². The number of carbonyl (C=O) groups excluding carboxylic acids is 3. The number of nitrogens with zero attached hydrogens (tertiary/aromatic N) is 4. The topological polar surface area (TPSA) is 84.7 Å². The standard InChI is InChI=1S/C28H38N4O4/c1-18(2)31(17-22-19(3)29-30(5)20(22)4)25(33)15-28(23-13-9-10-14-24(23)36-6)16-26(34)32(27(28)35)21-11-7-8-12-21/h9-10,13-14,18,21H,7-8,11-12,15-17H2,1-6H3/t28-/m1/s1. The van der Waals surface area contributed by atoms with Crippen molar-refractivity contribution in [2.75, 3.05) is 7.11 Å². The SMILES string of the molecule is COc1ccccc1[C@@]1(CC(=O)N(Cc2c(C)nn(C)c2C)C(C)C)CC(=O)N(C2CCCC2)C1=O. The minimum absolute atomic E-state index is 0.0225. The second-order valence-corrected chi connectivity index (χ2v) is 10.5. The molecule has 1 aliphatic carbocycles. The van der Waals surface area contributed by atoms with E-state index in [-0.39, 0.29) is 42.6 Å². The first kappa shape index (κ1) is 25.9. The molecule has 2 aliphatic rings. The van der Waals surface area contributed by atoms with Crippen molar-refractivity contribution in [2.45, 2.75) is 90.3 Å². The largest absolute Gasteiger partial charge is 0.496 e. The fourth-order valence-electron chi connectivity index (χ4n) is 5.91. The summed E-state index contributed by atoms with van der Waals surface area (Å²) in [7, 11) is 3.45. The van der Waals surface area contributed by atoms with Gasteiger partial charge in [-0.15, -0.1) is 0 Å². The Bertz CT molecular complexity index is 1160. The van der Waals surface area contributed by atoms with Gasteiger partial charge in [-0.25, -0.2) is 0 Å². The first-order valence-corrected chi connectivity index (χ1v) is 12.9. The summed E-state index contributed by atoms with van der Waals surface area (Å²) >= 11 is 0. The van der Waals surface area contributed by atoms with Crippen LogP contribution >= 0.6 is 0 Å². The fraction of sp³-hybridized carbons (Fsp3) is 0.571. The second-order valence-electron chi connectivity index (χ2n) is 10.5. The van der Waals surface area contributed by atoms with Crippen molar-refractivity contribution in [3.05, 3.63) is 46.8 Å². The lowest BCUT2D eigenvalue weighted by molar-refractivity contribution is -0.145. The summed E-state index contributed by atoms with van der Waals surface area (Å²) in [6.45, 7) is 8.29. The van der Waals surface area contributed by atoms with E-state index in [0.717, 1.165) is 42.6 Å². The first-order chi connectivity index (χ1) is 17.1. The summed E-state index contributed by atoms with van der Waals surface area (Å²) in [5, 5.41) is 4.50. The van der Waals surface area contributed by atoms with Crippen LogP contribution in [0.1, 0.15) is 74.9 Å². The lowest BCUT2D eigenvalue weighted by Crippen LogP contribution is -2.47. The van der Waals surface area contributed by atoms with Gasteiger partial charge in [0.05, 0.1) is 18.2 Å². The Hall–Kier alpha value is -3.16. The average molecular weight is 495 g/mol. The molecular formula is C28H38N4O4. The van der Waals surface area contributed by atoms with E-state index in [0.29, 0.717) is 17.9 Å². The molecule has 8 nitrogen and oxygen atoms in total. The van der Waals surface area contributed by atoms with Crippen LogP contribution in [0, 0.1) is 13.8 Å². The van der Waals surface area contributed by atoms with Gasteiger partial charge >= 0.3 is 0 Å². The molecule has 1 atom stereocenters. The van der Waals surface area contributed by atoms with Crippen LogP contribution in [0.15, 0.2) is 24.3 Å². The number of rotatable bonds is 8. The molecule has 194 valence electrons. The molecular weight excluding hydrogens is 456 g/mol. The van der Waals surface area contributed by atoms with Gasteiger partial charge in [0.2, 0.25) is 17.7 Å². The first-order valence-electron chi connectivity index (χ1n) is 12.9. The maximum atomic E-state index is 14.2. The zero-order valence-electron chi connectivity index (χ0n) is 22.3. The van der Waals surface area contributed by atoms with Crippen LogP contribution in [0.3, 0.4) is 0 Å². The van der Waals surface area contributed by atoms with Crippen LogP contribution in [0.5, 0.6) is 5.75 Å². The number of methoxy groups -OCH3 is 1. The summed E-state index contributed by atoms with van der Waals surface area (Å²) < 4.78 is 7.45. The number of amides is 3. The average Bonchev–Trinajstić information content (AvgIpc) is 3.51. The van der Waals surface area contributed by atoms with Crippen LogP contribution in [-0.2, 0) is 33.4 Å². The van der Waals surface area contributed by atoms with Crippen LogP contribution in [0.4, 0.5) is 0 Å². The molecule has 8 heteroatoms. The Morgan fingerprint density at radius 1 is 1.19 bits per heavy atom. The van der Waals surface area contributed by atoms with Crippen molar-refractivity contribution in [3.8, 4) is 5.75 Å². The van der Waals surface area contributed by atoms with E-state index in [4.69, 9.17) is 4.74 Å². The Morgan fingerprint density at radius 3 is 2.44 bits per heavy atom. The maximum absolute atomic E-state index is 14.2. The van der Waals surface area contributed by atoms with Gasteiger partial charge in [-0.2, -0.15) is 5.10 Å². The third kappa shape index (κ3) is 4.42.